The van der Waals surface area contributed by atoms with E-state index in [0.717, 1.165) is 89.9 Å². The number of carbonyl (C=O) groups excluding carboxylic acids is 1. The standard InChI is InChI=1S/C69H125N2O6P/c1-6-8-10-12-14-16-18-20-22-24-25-26-27-28-29-30-31-32-33-34-35-36-37-38-39-40-41-42-43-44-45-47-49-51-53-55-57-59-61-63-69(73)70-67(66-77-78(74,75)76-65-64-71(3,4)5)68(72)62-60-58-56-54-52-50-48-46-23-21-19-17-15-13-11-9-7-2/h8,10,14,16,20,22,25-26,28-29,31-32,34-35,37-38,67-68,72H,6-7,9,11-13,15,17-19,21,23-24,27,30,33,36,39-66H2,1-5H3,(H-,70,73,74,75)/p+1/b10-8-,16-14-,22-20-,26-25-,29-28-,32-31-,35-34-,38-37-. The minimum absolute atomic E-state index is 0.0723. The van der Waals surface area contributed by atoms with E-state index in [2.05, 4.69) is 116 Å². The van der Waals surface area contributed by atoms with Gasteiger partial charge in [-0.3, -0.25) is 13.8 Å². The summed E-state index contributed by atoms with van der Waals surface area (Å²) in [5, 5.41) is 14.1. The molecule has 0 radical (unpaired) electrons. The van der Waals surface area contributed by atoms with Crippen LogP contribution in [0.1, 0.15) is 284 Å². The second-order valence-corrected chi connectivity index (χ2v) is 24.6. The molecular weight excluding hydrogens is 984 g/mol. The van der Waals surface area contributed by atoms with Crippen molar-refractivity contribution in [3.63, 3.8) is 0 Å². The molecule has 3 unspecified atom stereocenters. The zero-order chi connectivity index (χ0) is 57.0. The molecule has 3 N–H and O–H groups in total. The molecule has 0 aromatic carbocycles. The average Bonchev–Trinajstić information content (AvgIpc) is 3.40. The van der Waals surface area contributed by atoms with Crippen LogP contribution < -0.4 is 5.32 Å². The van der Waals surface area contributed by atoms with Crippen molar-refractivity contribution < 1.29 is 32.9 Å². The van der Waals surface area contributed by atoms with E-state index >= 15 is 0 Å². The first-order valence-corrected chi connectivity index (χ1v) is 34.1. The summed E-state index contributed by atoms with van der Waals surface area (Å²) in [4.78, 5) is 23.4. The lowest BCUT2D eigenvalue weighted by molar-refractivity contribution is -0.870. The molecule has 0 spiro atoms. The number of phosphoric ester groups is 1. The molecule has 0 saturated heterocycles. The molecule has 3 atom stereocenters. The smallest absolute Gasteiger partial charge is 0.391 e. The molecule has 8 nitrogen and oxygen atoms in total. The van der Waals surface area contributed by atoms with Gasteiger partial charge in [0.2, 0.25) is 5.91 Å². The maximum Gasteiger partial charge on any atom is 0.472 e. The Kier molecular flexibility index (Phi) is 57.1. The van der Waals surface area contributed by atoms with E-state index in [1.165, 1.54) is 167 Å². The van der Waals surface area contributed by atoms with Crippen LogP contribution in [0.25, 0.3) is 0 Å². The highest BCUT2D eigenvalue weighted by Crippen LogP contribution is 2.43. The van der Waals surface area contributed by atoms with E-state index in [-0.39, 0.29) is 19.1 Å². The SMILES string of the molecule is CC/C=C\C/C=C\C/C=C\C/C=C\C/C=C\C/C=C\C/C=C\C/C=C\CCCCCCCCCCCCCCCCC(=O)NC(COP(=O)(O)OCC[N+](C)(C)C)C(O)CCCCCCCCCCCCCCCCCCC. The first-order valence-electron chi connectivity index (χ1n) is 32.6. The van der Waals surface area contributed by atoms with Crippen molar-refractivity contribution >= 4 is 13.7 Å². The number of aliphatic hydroxyl groups excluding tert-OH is 1. The van der Waals surface area contributed by atoms with Crippen LogP contribution in [0.15, 0.2) is 97.2 Å². The number of aliphatic hydroxyl groups is 1. The molecule has 1 amide bonds. The van der Waals surface area contributed by atoms with Crippen molar-refractivity contribution in [1.29, 1.82) is 0 Å². The Bertz CT molecular complexity index is 1590. The number of carbonyl (C=O) groups is 1. The second kappa shape index (κ2) is 59.1. The van der Waals surface area contributed by atoms with Gasteiger partial charge < -0.3 is 19.8 Å². The van der Waals surface area contributed by atoms with Crippen LogP contribution in [0.3, 0.4) is 0 Å². The summed E-state index contributed by atoms with van der Waals surface area (Å²) in [6.45, 7) is 4.79. The first-order chi connectivity index (χ1) is 38.0. The van der Waals surface area contributed by atoms with Gasteiger partial charge in [0.15, 0.2) is 0 Å². The van der Waals surface area contributed by atoms with E-state index in [0.29, 0.717) is 23.9 Å². The van der Waals surface area contributed by atoms with Crippen LogP contribution >= 0.6 is 7.82 Å². The van der Waals surface area contributed by atoms with E-state index < -0.39 is 20.0 Å². The molecule has 0 aliphatic carbocycles. The quantitative estimate of drug-likeness (QED) is 0.0243. The lowest BCUT2D eigenvalue weighted by Crippen LogP contribution is -2.46. The van der Waals surface area contributed by atoms with Gasteiger partial charge in [0.1, 0.15) is 13.2 Å². The van der Waals surface area contributed by atoms with Crippen molar-refractivity contribution in [3.05, 3.63) is 97.2 Å². The van der Waals surface area contributed by atoms with Crippen LogP contribution in [0, 0.1) is 0 Å². The third-order valence-corrected chi connectivity index (χ3v) is 15.3. The minimum atomic E-state index is -4.33. The lowest BCUT2D eigenvalue weighted by atomic mass is 10.0. The second-order valence-electron chi connectivity index (χ2n) is 23.1. The van der Waals surface area contributed by atoms with Gasteiger partial charge in [-0.25, -0.2) is 4.57 Å². The predicted octanol–water partition coefficient (Wildman–Crippen LogP) is 20.5. The summed E-state index contributed by atoms with van der Waals surface area (Å²) in [6.07, 6.45) is 84.8. The zero-order valence-corrected chi connectivity index (χ0v) is 52.5. The molecule has 0 fully saturated rings. The molecule has 0 aliphatic heterocycles. The Balaban J connectivity index is 4.02. The van der Waals surface area contributed by atoms with Crippen LogP contribution in [-0.2, 0) is 18.4 Å². The van der Waals surface area contributed by atoms with Crippen molar-refractivity contribution in [2.24, 2.45) is 0 Å². The van der Waals surface area contributed by atoms with Crippen molar-refractivity contribution in [2.45, 2.75) is 296 Å². The third-order valence-electron chi connectivity index (χ3n) is 14.3. The molecule has 0 aromatic heterocycles. The molecule has 0 aromatic rings. The highest BCUT2D eigenvalue weighted by molar-refractivity contribution is 7.47. The number of likely N-dealkylation sites (N-methyl/N-ethyl adjacent to an activating group) is 1. The maximum atomic E-state index is 13.0. The van der Waals surface area contributed by atoms with Gasteiger partial charge in [0, 0.05) is 6.42 Å². The summed E-state index contributed by atoms with van der Waals surface area (Å²) in [5.41, 5.74) is 0. The molecule has 9 heteroatoms. The minimum Gasteiger partial charge on any atom is -0.391 e. The number of amides is 1. The first kappa shape index (κ1) is 75.4. The molecule has 0 aliphatic rings. The summed E-state index contributed by atoms with van der Waals surface area (Å²) < 4.78 is 23.8. The largest absolute Gasteiger partial charge is 0.472 e. The van der Waals surface area contributed by atoms with Gasteiger partial charge in [-0.05, 0) is 77.0 Å². The summed E-state index contributed by atoms with van der Waals surface area (Å²) in [5.74, 6) is -0.145. The fraction of sp³-hybridized carbons (Fsp3) is 0.754. The van der Waals surface area contributed by atoms with Gasteiger partial charge in [-0.1, -0.05) is 297 Å². The van der Waals surface area contributed by atoms with Crippen molar-refractivity contribution in [2.75, 3.05) is 40.9 Å². The number of rotatable bonds is 59. The number of nitrogens with zero attached hydrogens (tertiary/aromatic N) is 1. The van der Waals surface area contributed by atoms with Gasteiger partial charge in [-0.2, -0.15) is 0 Å². The maximum absolute atomic E-state index is 13.0. The Labute approximate surface area is 483 Å². The molecule has 0 rings (SSSR count). The van der Waals surface area contributed by atoms with E-state index in [4.69, 9.17) is 9.05 Å². The number of hydrogen-bond donors (Lipinski definition) is 3. The third kappa shape index (κ3) is 61.0. The Morgan fingerprint density at radius 2 is 0.769 bits per heavy atom. The number of nitrogens with one attached hydrogen (secondary N) is 1. The van der Waals surface area contributed by atoms with Crippen LogP contribution in [0.4, 0.5) is 0 Å². The van der Waals surface area contributed by atoms with Gasteiger partial charge in [0.05, 0.1) is 39.9 Å². The number of phosphoric acid groups is 1. The van der Waals surface area contributed by atoms with Crippen LogP contribution in [0.5, 0.6) is 0 Å². The molecule has 78 heavy (non-hydrogen) atoms. The Hall–Kier alpha value is -2.58. The fourth-order valence-corrected chi connectivity index (χ4v) is 10.0. The van der Waals surface area contributed by atoms with Crippen LogP contribution in [-0.4, -0.2) is 73.4 Å². The van der Waals surface area contributed by atoms with Crippen molar-refractivity contribution in [1.82, 2.24) is 5.32 Å². The van der Waals surface area contributed by atoms with Gasteiger partial charge >= 0.3 is 7.82 Å². The number of hydrogen-bond acceptors (Lipinski definition) is 5. The summed E-state index contributed by atoms with van der Waals surface area (Å²) in [7, 11) is 1.62. The molecule has 452 valence electrons. The molecule has 0 heterocycles. The summed E-state index contributed by atoms with van der Waals surface area (Å²) in [6, 6.07) is -0.766. The Morgan fingerprint density at radius 3 is 1.13 bits per heavy atom. The molecular formula is C69H126N2O6P+. The van der Waals surface area contributed by atoms with E-state index in [9.17, 15) is 19.4 Å². The lowest BCUT2D eigenvalue weighted by Gasteiger charge is -2.26. The predicted molar refractivity (Wildman–Crippen MR) is 341 cm³/mol. The topological polar surface area (TPSA) is 105 Å². The van der Waals surface area contributed by atoms with Gasteiger partial charge in [0.25, 0.3) is 0 Å². The monoisotopic (exact) mass is 1110 g/mol. The number of unbranched alkanes of at least 4 members (excludes halogenated alkanes) is 30. The normalized spacial score (nSPS) is 14.4. The van der Waals surface area contributed by atoms with E-state index in [1.807, 2.05) is 21.1 Å². The highest BCUT2D eigenvalue weighted by atomic mass is 31.2. The van der Waals surface area contributed by atoms with Crippen molar-refractivity contribution in [3.8, 4) is 0 Å². The number of quaternary nitrogens is 1. The average molecular weight is 1110 g/mol. The number of allylic oxidation sites excluding steroid dienone is 16. The molecule has 0 bridgehead atoms. The molecule has 0 saturated carbocycles. The summed E-state index contributed by atoms with van der Waals surface area (Å²) >= 11 is 0. The zero-order valence-electron chi connectivity index (χ0n) is 51.6. The fourth-order valence-electron chi connectivity index (χ4n) is 9.30. The highest BCUT2D eigenvalue weighted by Gasteiger charge is 2.28. The van der Waals surface area contributed by atoms with E-state index in [1.54, 1.807) is 0 Å². The van der Waals surface area contributed by atoms with Crippen LogP contribution in [0.2, 0.25) is 0 Å². The Morgan fingerprint density at radius 1 is 0.449 bits per heavy atom. The van der Waals surface area contributed by atoms with Gasteiger partial charge in [-0.15, -0.1) is 0 Å².